The predicted octanol–water partition coefficient (Wildman–Crippen LogP) is 1.41. The Kier molecular flexibility index (Phi) is 4.48. The summed E-state index contributed by atoms with van der Waals surface area (Å²) < 4.78 is 5.24. The summed E-state index contributed by atoms with van der Waals surface area (Å²) in [7, 11) is 0. The first kappa shape index (κ1) is 14.8. The van der Waals surface area contributed by atoms with Gasteiger partial charge in [0.2, 0.25) is 5.91 Å². The van der Waals surface area contributed by atoms with Crippen LogP contribution in [-0.2, 0) is 14.3 Å². The SMILES string of the molecule is CC1CC(N2CCC(C(=O)N3CCCCC3)CC2)C(=O)O1. The molecule has 0 spiro atoms. The zero-order valence-corrected chi connectivity index (χ0v) is 12.9. The fourth-order valence-electron chi connectivity index (χ4n) is 3.86. The van der Waals surface area contributed by atoms with Crippen LogP contribution in [0.4, 0.5) is 0 Å². The van der Waals surface area contributed by atoms with Crippen molar-refractivity contribution in [2.75, 3.05) is 26.2 Å². The maximum atomic E-state index is 12.5. The predicted molar refractivity (Wildman–Crippen MR) is 78.7 cm³/mol. The monoisotopic (exact) mass is 294 g/mol. The number of hydrogen-bond acceptors (Lipinski definition) is 4. The molecule has 3 heterocycles. The molecule has 118 valence electrons. The van der Waals surface area contributed by atoms with E-state index in [1.54, 1.807) is 0 Å². The second kappa shape index (κ2) is 6.34. The van der Waals surface area contributed by atoms with Crippen LogP contribution in [-0.4, -0.2) is 60.0 Å². The van der Waals surface area contributed by atoms with Gasteiger partial charge in [0.15, 0.2) is 0 Å². The van der Waals surface area contributed by atoms with Crippen LogP contribution < -0.4 is 0 Å². The average molecular weight is 294 g/mol. The zero-order valence-electron chi connectivity index (χ0n) is 12.9. The van der Waals surface area contributed by atoms with E-state index in [1.807, 2.05) is 6.92 Å². The number of esters is 1. The van der Waals surface area contributed by atoms with Crippen molar-refractivity contribution in [1.82, 2.24) is 9.80 Å². The molecule has 21 heavy (non-hydrogen) atoms. The van der Waals surface area contributed by atoms with E-state index < -0.39 is 0 Å². The third kappa shape index (κ3) is 3.23. The number of ether oxygens (including phenoxy) is 1. The van der Waals surface area contributed by atoms with Crippen molar-refractivity contribution < 1.29 is 14.3 Å². The van der Waals surface area contributed by atoms with E-state index in [4.69, 9.17) is 4.74 Å². The second-order valence-electron chi connectivity index (χ2n) is 6.70. The number of hydrogen-bond donors (Lipinski definition) is 0. The smallest absolute Gasteiger partial charge is 0.323 e. The number of amides is 1. The van der Waals surface area contributed by atoms with Crippen LogP contribution >= 0.6 is 0 Å². The van der Waals surface area contributed by atoms with E-state index in [-0.39, 0.29) is 24.0 Å². The van der Waals surface area contributed by atoms with Crippen LogP contribution in [0.1, 0.15) is 45.4 Å². The molecule has 3 aliphatic rings. The molecular weight excluding hydrogens is 268 g/mol. The van der Waals surface area contributed by atoms with E-state index in [0.717, 1.165) is 58.3 Å². The van der Waals surface area contributed by atoms with Gasteiger partial charge in [0.25, 0.3) is 0 Å². The van der Waals surface area contributed by atoms with Gasteiger partial charge >= 0.3 is 5.97 Å². The molecule has 0 radical (unpaired) electrons. The number of piperidine rings is 2. The van der Waals surface area contributed by atoms with Crippen molar-refractivity contribution in [3.05, 3.63) is 0 Å². The zero-order chi connectivity index (χ0) is 14.8. The van der Waals surface area contributed by atoms with E-state index in [0.29, 0.717) is 5.91 Å². The van der Waals surface area contributed by atoms with Gasteiger partial charge in [-0.3, -0.25) is 14.5 Å². The molecule has 3 rings (SSSR count). The lowest BCUT2D eigenvalue weighted by Crippen LogP contribution is -2.48. The number of nitrogens with zero attached hydrogens (tertiary/aromatic N) is 2. The van der Waals surface area contributed by atoms with Gasteiger partial charge < -0.3 is 9.64 Å². The first-order valence-corrected chi connectivity index (χ1v) is 8.38. The maximum absolute atomic E-state index is 12.5. The Labute approximate surface area is 126 Å². The van der Waals surface area contributed by atoms with Crippen molar-refractivity contribution in [2.24, 2.45) is 5.92 Å². The van der Waals surface area contributed by atoms with E-state index >= 15 is 0 Å². The average Bonchev–Trinajstić information content (AvgIpc) is 2.86. The third-order valence-electron chi connectivity index (χ3n) is 5.13. The number of likely N-dealkylation sites (tertiary alicyclic amines) is 2. The quantitative estimate of drug-likeness (QED) is 0.723. The van der Waals surface area contributed by atoms with Gasteiger partial charge in [-0.15, -0.1) is 0 Å². The van der Waals surface area contributed by atoms with Gasteiger partial charge in [-0.1, -0.05) is 0 Å². The van der Waals surface area contributed by atoms with E-state index in [9.17, 15) is 9.59 Å². The number of cyclic esters (lactones) is 1. The van der Waals surface area contributed by atoms with Crippen molar-refractivity contribution in [3.8, 4) is 0 Å². The van der Waals surface area contributed by atoms with Crippen molar-refractivity contribution >= 4 is 11.9 Å². The van der Waals surface area contributed by atoms with Crippen molar-refractivity contribution in [1.29, 1.82) is 0 Å². The highest BCUT2D eigenvalue weighted by molar-refractivity contribution is 5.79. The highest BCUT2D eigenvalue weighted by Gasteiger charge is 2.39. The van der Waals surface area contributed by atoms with Crippen molar-refractivity contribution in [2.45, 2.75) is 57.6 Å². The lowest BCUT2D eigenvalue weighted by atomic mass is 9.93. The fraction of sp³-hybridized carbons (Fsp3) is 0.875. The van der Waals surface area contributed by atoms with Crippen molar-refractivity contribution in [3.63, 3.8) is 0 Å². The molecule has 0 N–H and O–H groups in total. The molecule has 2 unspecified atom stereocenters. The molecule has 5 heteroatoms. The molecular formula is C16H26N2O3. The molecule has 0 aromatic rings. The highest BCUT2D eigenvalue weighted by Crippen LogP contribution is 2.27. The highest BCUT2D eigenvalue weighted by atomic mass is 16.6. The van der Waals surface area contributed by atoms with Crippen LogP contribution in [0.3, 0.4) is 0 Å². The Morgan fingerprint density at radius 3 is 2.33 bits per heavy atom. The van der Waals surface area contributed by atoms with Crippen LogP contribution in [0.25, 0.3) is 0 Å². The fourth-order valence-corrected chi connectivity index (χ4v) is 3.86. The van der Waals surface area contributed by atoms with Gasteiger partial charge in [-0.05, 0) is 52.1 Å². The number of carbonyl (C=O) groups is 2. The van der Waals surface area contributed by atoms with Crippen LogP contribution in [0.15, 0.2) is 0 Å². The normalized spacial score (nSPS) is 32.2. The van der Waals surface area contributed by atoms with Crippen LogP contribution in [0.2, 0.25) is 0 Å². The summed E-state index contributed by atoms with van der Waals surface area (Å²) >= 11 is 0. The van der Waals surface area contributed by atoms with Gasteiger partial charge in [0.1, 0.15) is 12.1 Å². The summed E-state index contributed by atoms with van der Waals surface area (Å²) in [5.74, 6) is 0.425. The Bertz CT molecular complexity index is 398. The number of carbonyl (C=O) groups excluding carboxylic acids is 2. The van der Waals surface area contributed by atoms with E-state index in [2.05, 4.69) is 9.80 Å². The maximum Gasteiger partial charge on any atom is 0.323 e. The van der Waals surface area contributed by atoms with Gasteiger partial charge in [-0.25, -0.2) is 0 Å². The summed E-state index contributed by atoms with van der Waals surface area (Å²) in [6, 6.07) is -0.0777. The topological polar surface area (TPSA) is 49.9 Å². The summed E-state index contributed by atoms with van der Waals surface area (Å²) in [4.78, 5) is 28.6. The molecule has 0 saturated carbocycles. The standard InChI is InChI=1S/C16H26N2O3/c1-12-11-14(16(20)21-12)17-9-5-13(6-10-17)15(19)18-7-3-2-4-8-18/h12-14H,2-11H2,1H3. The van der Waals surface area contributed by atoms with E-state index in [1.165, 1.54) is 6.42 Å². The largest absolute Gasteiger partial charge is 0.461 e. The molecule has 2 atom stereocenters. The molecule has 0 bridgehead atoms. The minimum absolute atomic E-state index is 0.0372. The molecule has 0 aromatic heterocycles. The molecule has 0 aromatic carbocycles. The Balaban J connectivity index is 1.50. The molecule has 1 amide bonds. The summed E-state index contributed by atoms with van der Waals surface area (Å²) in [6.45, 7) is 5.51. The van der Waals surface area contributed by atoms with Gasteiger partial charge in [0.05, 0.1) is 0 Å². The molecule has 3 aliphatic heterocycles. The molecule has 0 aliphatic carbocycles. The minimum Gasteiger partial charge on any atom is -0.461 e. The second-order valence-corrected chi connectivity index (χ2v) is 6.70. The third-order valence-corrected chi connectivity index (χ3v) is 5.13. The minimum atomic E-state index is -0.0803. The lowest BCUT2D eigenvalue weighted by Gasteiger charge is -2.36. The summed E-state index contributed by atoms with van der Waals surface area (Å²) in [5, 5.41) is 0. The summed E-state index contributed by atoms with van der Waals surface area (Å²) in [6.07, 6.45) is 6.15. The molecule has 5 nitrogen and oxygen atoms in total. The first-order chi connectivity index (χ1) is 10.1. The Morgan fingerprint density at radius 2 is 1.76 bits per heavy atom. The lowest BCUT2D eigenvalue weighted by molar-refractivity contribution is -0.145. The summed E-state index contributed by atoms with van der Waals surface area (Å²) in [5.41, 5.74) is 0. The van der Waals surface area contributed by atoms with Crippen LogP contribution in [0, 0.1) is 5.92 Å². The number of rotatable bonds is 2. The first-order valence-electron chi connectivity index (χ1n) is 8.38. The van der Waals surface area contributed by atoms with Crippen LogP contribution in [0.5, 0.6) is 0 Å². The van der Waals surface area contributed by atoms with Gasteiger partial charge in [-0.2, -0.15) is 0 Å². The molecule has 3 fully saturated rings. The Morgan fingerprint density at radius 1 is 1.10 bits per heavy atom. The molecule has 3 saturated heterocycles. The Hall–Kier alpha value is -1.10. The van der Waals surface area contributed by atoms with Gasteiger partial charge in [0, 0.05) is 25.4 Å².